The molecular formula is C26H33NO3. The molecule has 2 unspecified atom stereocenters. The fourth-order valence-corrected chi connectivity index (χ4v) is 5.33. The van der Waals surface area contributed by atoms with Crippen LogP contribution in [-0.4, -0.2) is 35.7 Å². The summed E-state index contributed by atoms with van der Waals surface area (Å²) in [7, 11) is 1.93. The Balaban J connectivity index is 1.50. The summed E-state index contributed by atoms with van der Waals surface area (Å²) in [5, 5.41) is 9.35. The third kappa shape index (κ3) is 5.04. The van der Waals surface area contributed by atoms with Crippen LogP contribution in [-0.2, 0) is 17.6 Å². The number of likely N-dealkylation sites (N-methyl/N-ethyl adjacent to an activating group) is 1. The van der Waals surface area contributed by atoms with Gasteiger partial charge in [0.15, 0.2) is 0 Å². The fourth-order valence-electron chi connectivity index (χ4n) is 5.33. The van der Waals surface area contributed by atoms with Crippen LogP contribution in [0.1, 0.15) is 61.3 Å². The Labute approximate surface area is 179 Å². The van der Waals surface area contributed by atoms with E-state index in [-0.39, 0.29) is 12.6 Å². The second-order valence-corrected chi connectivity index (χ2v) is 8.98. The van der Waals surface area contributed by atoms with Crippen molar-refractivity contribution in [2.24, 2.45) is 5.92 Å². The molecule has 0 aromatic heterocycles. The predicted molar refractivity (Wildman–Crippen MR) is 119 cm³/mol. The number of hydrogen-bond acceptors (Lipinski definition) is 3. The van der Waals surface area contributed by atoms with Crippen LogP contribution < -0.4 is 4.74 Å². The smallest absolute Gasteiger partial charge is 0.317 e. The summed E-state index contributed by atoms with van der Waals surface area (Å²) in [4.78, 5) is 13.4. The molecule has 2 aromatic carbocycles. The van der Waals surface area contributed by atoms with Gasteiger partial charge in [0, 0.05) is 6.04 Å². The molecule has 2 aliphatic carbocycles. The maximum absolute atomic E-state index is 11.4. The van der Waals surface area contributed by atoms with Crippen LogP contribution in [0, 0.1) is 5.92 Å². The van der Waals surface area contributed by atoms with E-state index in [9.17, 15) is 9.90 Å². The lowest BCUT2D eigenvalue weighted by molar-refractivity contribution is -0.138. The second kappa shape index (κ2) is 9.65. The van der Waals surface area contributed by atoms with Gasteiger partial charge in [-0.05, 0) is 86.7 Å². The van der Waals surface area contributed by atoms with Gasteiger partial charge in [0.25, 0.3) is 0 Å². The minimum atomic E-state index is -0.779. The first kappa shape index (κ1) is 20.9. The van der Waals surface area contributed by atoms with E-state index in [0.717, 1.165) is 25.0 Å². The van der Waals surface area contributed by atoms with Gasteiger partial charge < -0.3 is 9.84 Å². The molecule has 1 fully saturated rings. The van der Waals surface area contributed by atoms with E-state index in [1.54, 1.807) is 0 Å². The summed E-state index contributed by atoms with van der Waals surface area (Å²) < 4.78 is 6.27. The van der Waals surface area contributed by atoms with Crippen LogP contribution in [0.25, 0.3) is 0 Å². The third-order valence-corrected chi connectivity index (χ3v) is 6.75. The SMILES string of the molecule is CN(CC(=O)O)C(c1ccccc1)C1CCc2cc(OC3CCCCC3)ccc2C1. The van der Waals surface area contributed by atoms with Crippen LogP contribution in [0.5, 0.6) is 5.75 Å². The molecule has 4 heteroatoms. The predicted octanol–water partition coefficient (Wildman–Crippen LogP) is 5.26. The molecule has 1 saturated carbocycles. The van der Waals surface area contributed by atoms with Gasteiger partial charge >= 0.3 is 5.97 Å². The third-order valence-electron chi connectivity index (χ3n) is 6.75. The van der Waals surface area contributed by atoms with E-state index < -0.39 is 5.97 Å². The number of hydrogen-bond donors (Lipinski definition) is 1. The highest BCUT2D eigenvalue weighted by atomic mass is 16.5. The summed E-state index contributed by atoms with van der Waals surface area (Å²) in [6.45, 7) is 0.0527. The van der Waals surface area contributed by atoms with Gasteiger partial charge in [0.1, 0.15) is 5.75 Å². The maximum atomic E-state index is 11.4. The summed E-state index contributed by atoms with van der Waals surface area (Å²) >= 11 is 0. The minimum Gasteiger partial charge on any atom is -0.490 e. The van der Waals surface area contributed by atoms with Crippen molar-refractivity contribution in [1.82, 2.24) is 4.90 Å². The molecule has 30 heavy (non-hydrogen) atoms. The zero-order valence-electron chi connectivity index (χ0n) is 17.9. The van der Waals surface area contributed by atoms with Crippen LogP contribution in [0.4, 0.5) is 0 Å². The van der Waals surface area contributed by atoms with E-state index >= 15 is 0 Å². The number of fused-ring (bicyclic) bond motifs is 1. The number of nitrogens with zero attached hydrogens (tertiary/aromatic N) is 1. The summed E-state index contributed by atoms with van der Waals surface area (Å²) in [6, 6.07) is 17.1. The van der Waals surface area contributed by atoms with E-state index in [4.69, 9.17) is 4.74 Å². The topological polar surface area (TPSA) is 49.8 Å². The summed E-state index contributed by atoms with van der Waals surface area (Å²) in [6.07, 6.45) is 9.67. The molecule has 2 atom stereocenters. The van der Waals surface area contributed by atoms with Gasteiger partial charge in [-0.15, -0.1) is 0 Å². The highest BCUT2D eigenvalue weighted by Crippen LogP contribution is 2.38. The van der Waals surface area contributed by atoms with Crippen molar-refractivity contribution in [3.05, 3.63) is 65.2 Å². The number of aryl methyl sites for hydroxylation is 1. The van der Waals surface area contributed by atoms with E-state index in [2.05, 4.69) is 30.3 Å². The molecule has 2 aliphatic rings. The first-order valence-electron chi connectivity index (χ1n) is 11.4. The Hall–Kier alpha value is -2.33. The highest BCUT2D eigenvalue weighted by molar-refractivity contribution is 5.69. The molecular weight excluding hydrogens is 374 g/mol. The van der Waals surface area contributed by atoms with Crippen molar-refractivity contribution >= 4 is 5.97 Å². The Bertz CT molecular complexity index is 845. The van der Waals surface area contributed by atoms with Crippen molar-refractivity contribution in [2.75, 3.05) is 13.6 Å². The molecule has 0 radical (unpaired) electrons. The van der Waals surface area contributed by atoms with Gasteiger partial charge in [-0.2, -0.15) is 0 Å². The Morgan fingerprint density at radius 1 is 1.07 bits per heavy atom. The van der Waals surface area contributed by atoms with Crippen LogP contribution >= 0.6 is 0 Å². The molecule has 0 amide bonds. The first-order chi connectivity index (χ1) is 14.6. The monoisotopic (exact) mass is 407 g/mol. The zero-order valence-corrected chi connectivity index (χ0v) is 17.9. The van der Waals surface area contributed by atoms with E-state index in [1.807, 2.05) is 30.1 Å². The number of carbonyl (C=O) groups is 1. The second-order valence-electron chi connectivity index (χ2n) is 8.98. The lowest BCUT2D eigenvalue weighted by Gasteiger charge is -2.37. The lowest BCUT2D eigenvalue weighted by Crippen LogP contribution is -2.36. The molecule has 2 aromatic rings. The van der Waals surface area contributed by atoms with Crippen molar-refractivity contribution in [1.29, 1.82) is 0 Å². The van der Waals surface area contributed by atoms with Gasteiger partial charge in [-0.1, -0.05) is 42.8 Å². The van der Waals surface area contributed by atoms with Crippen molar-refractivity contribution < 1.29 is 14.6 Å². The molecule has 0 aliphatic heterocycles. The van der Waals surface area contributed by atoms with Crippen molar-refractivity contribution in [2.45, 2.75) is 63.5 Å². The molecule has 0 heterocycles. The number of rotatable bonds is 7. The minimum absolute atomic E-state index is 0.0527. The van der Waals surface area contributed by atoms with Crippen LogP contribution in [0.3, 0.4) is 0 Å². The Morgan fingerprint density at radius 3 is 2.57 bits per heavy atom. The first-order valence-corrected chi connectivity index (χ1v) is 11.4. The highest BCUT2D eigenvalue weighted by Gasteiger charge is 2.31. The molecule has 4 rings (SSSR count). The van der Waals surface area contributed by atoms with Gasteiger partial charge in [0.2, 0.25) is 0 Å². The molecule has 0 spiro atoms. The average Bonchev–Trinajstić information content (AvgIpc) is 2.75. The van der Waals surface area contributed by atoms with Gasteiger partial charge in [-0.25, -0.2) is 0 Å². The average molecular weight is 408 g/mol. The van der Waals surface area contributed by atoms with Crippen LogP contribution in [0.2, 0.25) is 0 Å². The summed E-state index contributed by atoms with van der Waals surface area (Å²) in [5.41, 5.74) is 3.98. The zero-order chi connectivity index (χ0) is 20.9. The van der Waals surface area contributed by atoms with Crippen molar-refractivity contribution in [3.8, 4) is 5.75 Å². The molecule has 0 saturated heterocycles. The number of carboxylic acid groups (broad SMARTS) is 1. The molecule has 1 N–H and O–H groups in total. The Kier molecular flexibility index (Phi) is 6.73. The number of benzene rings is 2. The quantitative estimate of drug-likeness (QED) is 0.680. The van der Waals surface area contributed by atoms with Gasteiger partial charge in [-0.3, -0.25) is 9.69 Å². The molecule has 160 valence electrons. The largest absolute Gasteiger partial charge is 0.490 e. The molecule has 0 bridgehead atoms. The normalized spacial score (nSPS) is 20.5. The van der Waals surface area contributed by atoms with Crippen LogP contribution in [0.15, 0.2) is 48.5 Å². The summed E-state index contributed by atoms with van der Waals surface area (Å²) in [5.74, 6) is 0.634. The standard InChI is InChI=1S/C26H33NO3/c1-27(18-25(28)29)26(19-8-4-2-5-9-19)22-13-12-21-17-24(15-14-20(21)16-22)30-23-10-6-3-7-11-23/h2,4-5,8-9,14-15,17,22-23,26H,3,6-7,10-13,16,18H2,1H3,(H,28,29). The van der Waals surface area contributed by atoms with E-state index in [0.29, 0.717) is 12.0 Å². The lowest BCUT2D eigenvalue weighted by atomic mass is 9.77. The molecule has 4 nitrogen and oxygen atoms in total. The van der Waals surface area contributed by atoms with Gasteiger partial charge in [0.05, 0.1) is 12.6 Å². The number of aliphatic carboxylic acids is 1. The maximum Gasteiger partial charge on any atom is 0.317 e. The number of ether oxygens (including phenoxy) is 1. The Morgan fingerprint density at radius 2 is 1.83 bits per heavy atom. The number of carboxylic acids is 1. The van der Waals surface area contributed by atoms with Crippen molar-refractivity contribution in [3.63, 3.8) is 0 Å². The van der Waals surface area contributed by atoms with E-state index in [1.165, 1.54) is 48.8 Å². The fraction of sp³-hybridized carbons (Fsp3) is 0.500.